The van der Waals surface area contributed by atoms with E-state index in [0.717, 1.165) is 23.2 Å². The van der Waals surface area contributed by atoms with Crippen LogP contribution in [0.5, 0.6) is 0 Å². The van der Waals surface area contributed by atoms with Crippen LogP contribution in [0.25, 0.3) is 10.9 Å². The molecule has 0 radical (unpaired) electrons. The highest BCUT2D eigenvalue weighted by Gasteiger charge is 2.12. The summed E-state index contributed by atoms with van der Waals surface area (Å²) in [4.78, 5) is 32.3. The number of H-pyrrole nitrogens is 1. The number of aryl methyl sites for hydroxylation is 1. The molecule has 3 aromatic carbocycles. The maximum absolute atomic E-state index is 13.0. The van der Waals surface area contributed by atoms with Crippen molar-refractivity contribution in [1.29, 1.82) is 0 Å². The number of aromatic nitrogens is 1. The van der Waals surface area contributed by atoms with Crippen molar-refractivity contribution < 1.29 is 9.59 Å². The Bertz CT molecular complexity index is 1360. The van der Waals surface area contributed by atoms with Crippen molar-refractivity contribution in [3.63, 3.8) is 0 Å². The highest BCUT2D eigenvalue weighted by atomic mass is 16.2. The number of nitrogens with one attached hydrogen (secondary N) is 4. The Kier molecular flexibility index (Phi) is 7.03. The molecule has 1 aromatic heterocycles. The van der Waals surface area contributed by atoms with E-state index >= 15 is 0 Å². The summed E-state index contributed by atoms with van der Waals surface area (Å²) in [5.74, 6) is -0.151. The number of hydrogen-bond acceptors (Lipinski definition) is 3. The molecule has 0 saturated heterocycles. The normalized spacial score (nSPS) is 11.3. The Hall–Kier alpha value is -4.39. The third kappa shape index (κ3) is 5.69. The maximum atomic E-state index is 13.0. The first-order chi connectivity index (χ1) is 16.5. The fraction of sp³-hybridized carbons (Fsp3) is 0.148. The van der Waals surface area contributed by atoms with Crippen LogP contribution in [-0.4, -0.2) is 29.3 Å². The molecule has 0 aliphatic carbocycles. The SMILES string of the molecule is CC(=O)Nc1cccc(C(=O)NC(=NCCc2c[nH]c3ccccc23)Nc2ccccc2C)c1. The minimum atomic E-state index is -0.320. The molecule has 0 bridgehead atoms. The first-order valence-electron chi connectivity index (χ1n) is 11.1. The van der Waals surface area contributed by atoms with Gasteiger partial charge in [0.05, 0.1) is 0 Å². The van der Waals surface area contributed by atoms with Crippen molar-refractivity contribution in [3.8, 4) is 0 Å². The number of carbonyl (C=O) groups excluding carboxylic acids is 2. The second-order valence-corrected chi connectivity index (χ2v) is 8.00. The average Bonchev–Trinajstić information content (AvgIpc) is 3.23. The lowest BCUT2D eigenvalue weighted by atomic mass is 10.1. The number of hydrogen-bond donors (Lipinski definition) is 4. The molecule has 1 heterocycles. The first-order valence-corrected chi connectivity index (χ1v) is 11.1. The smallest absolute Gasteiger partial charge is 0.258 e. The van der Waals surface area contributed by atoms with E-state index in [9.17, 15) is 9.59 Å². The third-order valence-corrected chi connectivity index (χ3v) is 5.40. The molecule has 2 amide bonds. The molecule has 0 aliphatic rings. The van der Waals surface area contributed by atoms with Gasteiger partial charge in [0.25, 0.3) is 5.91 Å². The van der Waals surface area contributed by atoms with E-state index in [1.54, 1.807) is 24.3 Å². The van der Waals surface area contributed by atoms with Gasteiger partial charge < -0.3 is 15.6 Å². The van der Waals surface area contributed by atoms with Gasteiger partial charge in [-0.2, -0.15) is 0 Å². The van der Waals surface area contributed by atoms with Crippen LogP contribution in [0.3, 0.4) is 0 Å². The molecule has 34 heavy (non-hydrogen) atoms. The van der Waals surface area contributed by atoms with Crippen LogP contribution in [0.15, 0.2) is 84.0 Å². The van der Waals surface area contributed by atoms with Crippen molar-refractivity contribution in [3.05, 3.63) is 95.7 Å². The largest absolute Gasteiger partial charge is 0.361 e. The first kappa shape index (κ1) is 22.8. The summed E-state index contributed by atoms with van der Waals surface area (Å²) in [6.07, 6.45) is 2.72. The molecule has 0 aliphatic heterocycles. The molecular weight excluding hydrogens is 426 g/mol. The molecule has 4 N–H and O–H groups in total. The zero-order valence-electron chi connectivity index (χ0n) is 19.2. The average molecular weight is 454 g/mol. The van der Waals surface area contributed by atoms with Crippen LogP contribution in [0.4, 0.5) is 11.4 Å². The van der Waals surface area contributed by atoms with Crippen molar-refractivity contribution in [2.75, 3.05) is 17.2 Å². The molecule has 7 nitrogen and oxygen atoms in total. The van der Waals surface area contributed by atoms with Gasteiger partial charge >= 0.3 is 0 Å². The van der Waals surface area contributed by atoms with E-state index in [-0.39, 0.29) is 11.8 Å². The van der Waals surface area contributed by atoms with E-state index in [1.807, 2.05) is 55.6 Å². The highest BCUT2D eigenvalue weighted by Crippen LogP contribution is 2.18. The van der Waals surface area contributed by atoms with E-state index in [1.165, 1.54) is 17.9 Å². The number of aliphatic imine (C=N–C) groups is 1. The van der Waals surface area contributed by atoms with E-state index < -0.39 is 0 Å². The van der Waals surface area contributed by atoms with Crippen molar-refractivity contribution >= 4 is 40.1 Å². The van der Waals surface area contributed by atoms with Gasteiger partial charge in [-0.1, -0.05) is 42.5 Å². The quantitative estimate of drug-likeness (QED) is 0.247. The lowest BCUT2D eigenvalue weighted by Crippen LogP contribution is -2.36. The van der Waals surface area contributed by atoms with Gasteiger partial charge in [-0.25, -0.2) is 0 Å². The molecule has 0 fully saturated rings. The van der Waals surface area contributed by atoms with Gasteiger partial charge in [-0.3, -0.25) is 19.9 Å². The second kappa shape index (κ2) is 10.5. The van der Waals surface area contributed by atoms with E-state index in [0.29, 0.717) is 23.8 Å². The van der Waals surface area contributed by atoms with Gasteiger partial charge in [0.1, 0.15) is 0 Å². The predicted molar refractivity (Wildman–Crippen MR) is 137 cm³/mol. The Morgan fingerprint density at radius 1 is 0.941 bits per heavy atom. The molecule has 0 unspecified atom stereocenters. The number of aromatic amines is 1. The number of para-hydroxylation sites is 2. The molecule has 0 spiro atoms. The van der Waals surface area contributed by atoms with Crippen molar-refractivity contribution in [1.82, 2.24) is 10.3 Å². The Morgan fingerprint density at radius 3 is 2.56 bits per heavy atom. The minimum Gasteiger partial charge on any atom is -0.361 e. The van der Waals surface area contributed by atoms with Crippen LogP contribution in [0, 0.1) is 6.92 Å². The highest BCUT2D eigenvalue weighted by molar-refractivity contribution is 6.10. The summed E-state index contributed by atoms with van der Waals surface area (Å²) in [5.41, 5.74) is 5.14. The van der Waals surface area contributed by atoms with Crippen LogP contribution in [0.1, 0.15) is 28.4 Å². The molecule has 0 atom stereocenters. The number of benzene rings is 3. The van der Waals surface area contributed by atoms with Crippen molar-refractivity contribution in [2.45, 2.75) is 20.3 Å². The molecular formula is C27H27N5O2. The van der Waals surface area contributed by atoms with Crippen LogP contribution >= 0.6 is 0 Å². The summed E-state index contributed by atoms with van der Waals surface area (Å²) in [5, 5.41) is 10.0. The summed E-state index contributed by atoms with van der Waals surface area (Å²) in [6.45, 7) is 3.91. The Balaban J connectivity index is 1.53. The maximum Gasteiger partial charge on any atom is 0.258 e. The van der Waals surface area contributed by atoms with Gasteiger partial charge in [0, 0.05) is 47.5 Å². The number of fused-ring (bicyclic) bond motifs is 1. The molecule has 4 aromatic rings. The number of anilines is 2. The molecule has 4 rings (SSSR count). The molecule has 0 saturated carbocycles. The minimum absolute atomic E-state index is 0.196. The second-order valence-electron chi connectivity index (χ2n) is 8.00. The number of guanidine groups is 1. The topological polar surface area (TPSA) is 98.4 Å². The standard InChI is InChI=1S/C27H27N5O2/c1-18-8-3-5-12-24(18)31-27(28-15-14-21-17-29-25-13-6-4-11-23(21)25)32-26(34)20-9-7-10-22(16-20)30-19(2)33/h3-13,16-17,29H,14-15H2,1-2H3,(H,30,33)(H2,28,31,32,34). The summed E-state index contributed by atoms with van der Waals surface area (Å²) in [6, 6.07) is 22.8. The monoisotopic (exact) mass is 453 g/mol. The van der Waals surface area contributed by atoms with Crippen LogP contribution < -0.4 is 16.0 Å². The van der Waals surface area contributed by atoms with Gasteiger partial charge in [0.15, 0.2) is 0 Å². The summed E-state index contributed by atoms with van der Waals surface area (Å²) >= 11 is 0. The van der Waals surface area contributed by atoms with E-state index in [2.05, 4.69) is 32.0 Å². The zero-order valence-corrected chi connectivity index (χ0v) is 19.2. The number of amides is 2. The fourth-order valence-corrected chi connectivity index (χ4v) is 3.70. The van der Waals surface area contributed by atoms with Gasteiger partial charge in [0.2, 0.25) is 11.9 Å². The van der Waals surface area contributed by atoms with Crippen LogP contribution in [-0.2, 0) is 11.2 Å². The van der Waals surface area contributed by atoms with Gasteiger partial charge in [-0.05, 0) is 54.8 Å². The number of rotatable bonds is 6. The third-order valence-electron chi connectivity index (χ3n) is 5.40. The fourth-order valence-electron chi connectivity index (χ4n) is 3.70. The summed E-state index contributed by atoms with van der Waals surface area (Å²) < 4.78 is 0. The number of carbonyl (C=O) groups is 2. The van der Waals surface area contributed by atoms with Gasteiger partial charge in [-0.15, -0.1) is 0 Å². The molecule has 7 heteroatoms. The van der Waals surface area contributed by atoms with Crippen molar-refractivity contribution in [2.24, 2.45) is 4.99 Å². The lowest BCUT2D eigenvalue weighted by Gasteiger charge is -2.14. The molecule has 172 valence electrons. The summed E-state index contributed by atoms with van der Waals surface area (Å²) in [7, 11) is 0. The zero-order chi connectivity index (χ0) is 23.9. The predicted octanol–water partition coefficient (Wildman–Crippen LogP) is 4.88. The number of nitrogens with zero attached hydrogens (tertiary/aromatic N) is 1. The Labute approximate surface area is 198 Å². The Morgan fingerprint density at radius 2 is 1.74 bits per heavy atom. The lowest BCUT2D eigenvalue weighted by molar-refractivity contribution is -0.114. The van der Waals surface area contributed by atoms with E-state index in [4.69, 9.17) is 0 Å². The van der Waals surface area contributed by atoms with Crippen LogP contribution in [0.2, 0.25) is 0 Å².